The molecule has 0 unspecified atom stereocenters. The molecule has 120 valence electrons. The van der Waals surface area contributed by atoms with Crippen LogP contribution in [0.15, 0.2) is 48.8 Å². The lowest BCUT2D eigenvalue weighted by molar-refractivity contribution is -0.148. The normalized spacial score (nSPS) is 10.9. The molecule has 2 rings (SSSR count). The monoisotopic (exact) mass is 314 g/mol. The maximum atomic E-state index is 12.0. The van der Waals surface area contributed by atoms with E-state index in [0.29, 0.717) is 17.2 Å². The van der Waals surface area contributed by atoms with Gasteiger partial charge in [-0.1, -0.05) is 6.07 Å². The highest BCUT2D eigenvalue weighted by atomic mass is 16.5. The van der Waals surface area contributed by atoms with Crippen LogP contribution in [0.3, 0.4) is 0 Å². The second-order valence-electron chi connectivity index (χ2n) is 5.73. The summed E-state index contributed by atoms with van der Waals surface area (Å²) >= 11 is 0. The number of aromatic nitrogens is 1. The van der Waals surface area contributed by atoms with Crippen molar-refractivity contribution < 1.29 is 19.4 Å². The molecule has 2 aromatic rings. The minimum absolute atomic E-state index is 0.113. The Balaban J connectivity index is 2.03. The van der Waals surface area contributed by atoms with Crippen LogP contribution in [0.2, 0.25) is 0 Å². The Bertz CT molecular complexity index is 699. The van der Waals surface area contributed by atoms with Gasteiger partial charge in [0.25, 0.3) is 0 Å². The molecular formula is C17H18N2O4. The van der Waals surface area contributed by atoms with Crippen LogP contribution in [0, 0.1) is 5.41 Å². The number of nitrogens with one attached hydrogen (secondary N) is 1. The number of pyridine rings is 1. The minimum atomic E-state index is -1.12. The highest BCUT2D eigenvalue weighted by Gasteiger charge is 2.30. The molecule has 0 radical (unpaired) electrons. The molecule has 6 heteroatoms. The molecule has 0 bridgehead atoms. The molecule has 1 aromatic carbocycles. The third kappa shape index (κ3) is 4.81. The molecule has 0 saturated heterocycles. The Hall–Kier alpha value is -2.89. The van der Waals surface area contributed by atoms with Crippen molar-refractivity contribution in [1.82, 2.24) is 4.98 Å². The molecule has 6 nitrogen and oxygen atoms in total. The van der Waals surface area contributed by atoms with Crippen LogP contribution < -0.4 is 10.1 Å². The van der Waals surface area contributed by atoms with Gasteiger partial charge in [0.2, 0.25) is 5.91 Å². The fourth-order valence-corrected chi connectivity index (χ4v) is 1.86. The number of carboxylic acid groups (broad SMARTS) is 1. The van der Waals surface area contributed by atoms with Crippen molar-refractivity contribution >= 4 is 17.6 Å². The first-order valence-corrected chi connectivity index (χ1v) is 7.08. The standard InChI is InChI=1S/C17H18N2O4/c1-17(2,16(21)22)11-15(20)19-12-4-3-5-14(10-12)23-13-6-8-18-9-7-13/h3-10H,11H2,1-2H3,(H,19,20)(H,21,22). The number of carboxylic acids is 1. The molecule has 0 atom stereocenters. The smallest absolute Gasteiger partial charge is 0.309 e. The Morgan fingerprint density at radius 1 is 1.17 bits per heavy atom. The van der Waals surface area contributed by atoms with E-state index in [1.165, 1.54) is 13.8 Å². The molecule has 0 fully saturated rings. The number of amides is 1. The van der Waals surface area contributed by atoms with Gasteiger partial charge in [0.1, 0.15) is 11.5 Å². The lowest BCUT2D eigenvalue weighted by Gasteiger charge is -2.18. The number of hydrogen-bond donors (Lipinski definition) is 2. The predicted molar refractivity (Wildman–Crippen MR) is 85.4 cm³/mol. The van der Waals surface area contributed by atoms with Gasteiger partial charge in [-0.2, -0.15) is 0 Å². The summed E-state index contributed by atoms with van der Waals surface area (Å²) in [7, 11) is 0. The number of anilines is 1. The van der Waals surface area contributed by atoms with Crippen LogP contribution in [0.5, 0.6) is 11.5 Å². The van der Waals surface area contributed by atoms with Crippen molar-refractivity contribution in [2.45, 2.75) is 20.3 Å². The largest absolute Gasteiger partial charge is 0.481 e. The summed E-state index contributed by atoms with van der Waals surface area (Å²) in [6.45, 7) is 3.02. The maximum Gasteiger partial charge on any atom is 0.309 e. The molecule has 1 aromatic heterocycles. The van der Waals surface area contributed by atoms with Crippen LogP contribution in [0.4, 0.5) is 5.69 Å². The highest BCUT2D eigenvalue weighted by Crippen LogP contribution is 2.25. The van der Waals surface area contributed by atoms with Gasteiger partial charge in [0, 0.05) is 30.6 Å². The van der Waals surface area contributed by atoms with Gasteiger partial charge in [-0.05, 0) is 38.1 Å². The van der Waals surface area contributed by atoms with Crippen LogP contribution in [-0.2, 0) is 9.59 Å². The van der Waals surface area contributed by atoms with E-state index in [1.54, 1.807) is 48.8 Å². The second-order valence-corrected chi connectivity index (χ2v) is 5.73. The van der Waals surface area contributed by atoms with Gasteiger partial charge in [0.15, 0.2) is 0 Å². The first-order valence-electron chi connectivity index (χ1n) is 7.08. The van der Waals surface area contributed by atoms with Crippen molar-refractivity contribution in [2.75, 3.05) is 5.32 Å². The lowest BCUT2D eigenvalue weighted by atomic mass is 9.89. The van der Waals surface area contributed by atoms with Crippen LogP contribution in [0.25, 0.3) is 0 Å². The first-order chi connectivity index (χ1) is 10.9. The summed E-state index contributed by atoms with van der Waals surface area (Å²) in [6.07, 6.45) is 3.13. The van der Waals surface area contributed by atoms with E-state index >= 15 is 0 Å². The zero-order chi connectivity index (χ0) is 16.9. The minimum Gasteiger partial charge on any atom is -0.481 e. The number of nitrogens with zero attached hydrogens (tertiary/aromatic N) is 1. The van der Waals surface area contributed by atoms with Crippen LogP contribution in [0.1, 0.15) is 20.3 Å². The second kappa shape index (κ2) is 6.91. The van der Waals surface area contributed by atoms with Crippen molar-refractivity contribution in [3.8, 4) is 11.5 Å². The van der Waals surface area contributed by atoms with Gasteiger partial charge in [-0.15, -0.1) is 0 Å². The zero-order valence-corrected chi connectivity index (χ0v) is 12.9. The zero-order valence-electron chi connectivity index (χ0n) is 12.9. The Morgan fingerprint density at radius 3 is 2.52 bits per heavy atom. The van der Waals surface area contributed by atoms with Crippen molar-refractivity contribution in [2.24, 2.45) is 5.41 Å². The summed E-state index contributed by atoms with van der Waals surface area (Å²) in [4.78, 5) is 26.9. The summed E-state index contributed by atoms with van der Waals surface area (Å²) in [6, 6.07) is 10.3. The fraction of sp³-hybridized carbons (Fsp3) is 0.235. The summed E-state index contributed by atoms with van der Waals surface area (Å²) in [5, 5.41) is 11.7. The summed E-state index contributed by atoms with van der Waals surface area (Å²) in [5.41, 5.74) is -0.572. The number of carbonyl (C=O) groups excluding carboxylic acids is 1. The third-order valence-electron chi connectivity index (χ3n) is 3.18. The van der Waals surface area contributed by atoms with Crippen LogP contribution >= 0.6 is 0 Å². The number of ether oxygens (including phenoxy) is 1. The van der Waals surface area contributed by atoms with Gasteiger partial charge in [-0.3, -0.25) is 14.6 Å². The molecule has 0 aliphatic heterocycles. The van der Waals surface area contributed by atoms with Crippen molar-refractivity contribution in [1.29, 1.82) is 0 Å². The molecule has 1 heterocycles. The Labute approximate surface area is 134 Å². The number of carbonyl (C=O) groups is 2. The first kappa shape index (κ1) is 16.5. The summed E-state index contributed by atoms with van der Waals surface area (Å²) in [5.74, 6) is -0.178. The molecule has 2 N–H and O–H groups in total. The topological polar surface area (TPSA) is 88.5 Å². The quantitative estimate of drug-likeness (QED) is 0.854. The molecule has 0 aliphatic rings. The lowest BCUT2D eigenvalue weighted by Crippen LogP contribution is -2.29. The fourth-order valence-electron chi connectivity index (χ4n) is 1.86. The van der Waals surface area contributed by atoms with Gasteiger partial charge in [0.05, 0.1) is 5.41 Å². The van der Waals surface area contributed by atoms with Crippen molar-refractivity contribution in [3.63, 3.8) is 0 Å². The number of hydrogen-bond acceptors (Lipinski definition) is 4. The maximum absolute atomic E-state index is 12.0. The molecule has 23 heavy (non-hydrogen) atoms. The molecule has 0 aliphatic carbocycles. The number of rotatable bonds is 6. The van der Waals surface area contributed by atoms with E-state index in [-0.39, 0.29) is 12.3 Å². The molecular weight excluding hydrogens is 296 g/mol. The van der Waals surface area contributed by atoms with Gasteiger partial charge in [-0.25, -0.2) is 0 Å². The summed E-state index contributed by atoms with van der Waals surface area (Å²) < 4.78 is 5.65. The average Bonchev–Trinajstić information content (AvgIpc) is 2.47. The van der Waals surface area contributed by atoms with Gasteiger partial charge < -0.3 is 15.2 Å². The molecule has 0 spiro atoms. The Morgan fingerprint density at radius 2 is 1.87 bits per heavy atom. The molecule has 0 saturated carbocycles. The van der Waals surface area contributed by atoms with E-state index < -0.39 is 11.4 Å². The molecule has 1 amide bonds. The number of benzene rings is 1. The van der Waals surface area contributed by atoms with E-state index in [1.807, 2.05) is 0 Å². The SMILES string of the molecule is CC(C)(CC(=O)Nc1cccc(Oc2ccncc2)c1)C(=O)O. The van der Waals surface area contributed by atoms with E-state index in [2.05, 4.69) is 10.3 Å². The van der Waals surface area contributed by atoms with E-state index in [9.17, 15) is 9.59 Å². The van der Waals surface area contributed by atoms with Crippen LogP contribution in [-0.4, -0.2) is 22.0 Å². The van der Waals surface area contributed by atoms with Crippen molar-refractivity contribution in [3.05, 3.63) is 48.8 Å². The predicted octanol–water partition coefficient (Wildman–Crippen LogP) is 3.31. The third-order valence-corrected chi connectivity index (χ3v) is 3.18. The van der Waals surface area contributed by atoms with E-state index in [0.717, 1.165) is 0 Å². The van der Waals surface area contributed by atoms with E-state index in [4.69, 9.17) is 9.84 Å². The highest BCUT2D eigenvalue weighted by molar-refractivity contribution is 5.94. The Kier molecular flexibility index (Phi) is 4.95. The average molecular weight is 314 g/mol. The van der Waals surface area contributed by atoms with Gasteiger partial charge >= 0.3 is 5.97 Å². The number of aliphatic carboxylic acids is 1.